The van der Waals surface area contributed by atoms with E-state index >= 15 is 0 Å². The van der Waals surface area contributed by atoms with Crippen molar-refractivity contribution < 1.29 is 92.0 Å². The molecule has 2 amide bonds. The van der Waals surface area contributed by atoms with Crippen molar-refractivity contribution in [1.82, 2.24) is 9.62 Å². The summed E-state index contributed by atoms with van der Waals surface area (Å²) in [5.74, 6) is -9.63. The number of carbonyl (C=O) groups is 5. The molecule has 1 aliphatic rings. The van der Waals surface area contributed by atoms with Gasteiger partial charge in [-0.1, -0.05) is 41.4 Å². The third-order valence-corrected chi connectivity index (χ3v) is 9.59. The van der Waals surface area contributed by atoms with Gasteiger partial charge in [0.15, 0.2) is 0 Å². The van der Waals surface area contributed by atoms with Crippen LogP contribution in [0.5, 0.6) is 0 Å². The highest BCUT2D eigenvalue weighted by molar-refractivity contribution is 7.89. The fourth-order valence-corrected chi connectivity index (χ4v) is 6.52. The van der Waals surface area contributed by atoms with Gasteiger partial charge in [0.05, 0.1) is 18.1 Å². The number of hydrogen-bond donors (Lipinski definition) is 6. The molecule has 1 unspecified atom stereocenters. The number of likely N-dealkylation sites (N-methyl/N-ethyl adjacent to an activating group) is 1. The highest BCUT2D eigenvalue weighted by atomic mass is 35.5. The molecule has 0 saturated heterocycles. The zero-order valence-corrected chi connectivity index (χ0v) is 33.1. The molecular formula is C34H33Cl2F9N4O11S. The summed E-state index contributed by atoms with van der Waals surface area (Å²) in [4.78, 5) is 52.4. The number of nitrogens with two attached hydrogens (primary N) is 2. The number of benzene rings is 3. The molecule has 1 aliphatic heterocycles. The largest absolute Gasteiger partial charge is 0.490 e. The number of carbonyl (C=O) groups excluding carboxylic acids is 2. The van der Waals surface area contributed by atoms with Crippen molar-refractivity contribution in [2.45, 2.75) is 42.3 Å². The number of primary amides is 2. The second-order valence-electron chi connectivity index (χ2n) is 12.0. The van der Waals surface area contributed by atoms with Crippen LogP contribution in [-0.2, 0) is 42.1 Å². The molecule has 61 heavy (non-hydrogen) atoms. The Morgan fingerprint density at radius 3 is 1.64 bits per heavy atom. The first-order valence-corrected chi connectivity index (χ1v) is 18.5. The number of hydrogen-bond acceptors (Lipinski definition) is 9. The van der Waals surface area contributed by atoms with Crippen LogP contribution in [0.1, 0.15) is 48.9 Å². The van der Waals surface area contributed by atoms with Crippen LogP contribution in [0.3, 0.4) is 0 Å². The molecule has 1 heterocycles. The lowest BCUT2D eigenvalue weighted by Gasteiger charge is -2.33. The highest BCUT2D eigenvalue weighted by Gasteiger charge is 2.39. The Kier molecular flexibility index (Phi) is 19.9. The molecule has 0 fully saturated rings. The number of nitrogens with one attached hydrogen (secondary N) is 1. The highest BCUT2D eigenvalue weighted by Crippen LogP contribution is 2.38. The maximum absolute atomic E-state index is 12.8. The number of carboxylic acids is 3. The van der Waals surface area contributed by atoms with Crippen molar-refractivity contribution in [2.24, 2.45) is 11.5 Å². The molecule has 8 N–H and O–H groups in total. The van der Waals surface area contributed by atoms with E-state index in [1.54, 1.807) is 30.3 Å². The summed E-state index contributed by atoms with van der Waals surface area (Å²) in [6.45, 7) is 1.70. The van der Waals surface area contributed by atoms with Crippen molar-refractivity contribution in [2.75, 3.05) is 33.4 Å². The summed E-state index contributed by atoms with van der Waals surface area (Å²) in [5.41, 5.74) is 14.6. The molecule has 0 aliphatic carbocycles. The second kappa shape index (κ2) is 22.6. The number of alkyl halides is 9. The van der Waals surface area contributed by atoms with Gasteiger partial charge in [-0.15, -0.1) is 0 Å². The number of nitrogens with zero attached hydrogens (tertiary/aromatic N) is 1. The van der Waals surface area contributed by atoms with Crippen LogP contribution < -0.4 is 16.2 Å². The molecule has 0 saturated carbocycles. The van der Waals surface area contributed by atoms with E-state index in [0.29, 0.717) is 22.2 Å². The maximum atomic E-state index is 12.8. The SMILES string of the molecule is CN1Cc2c(Cl)cc(Cl)cc2C(c2ccc(S(=O)(=O)NCCOCCc3c(C(N)=O)cccc3C(N)=O)cc2)C1.O=C(O)C(F)(F)F.O=C(O)C(F)(F)F.O=C(O)C(F)(F)F. The first-order valence-electron chi connectivity index (χ1n) is 16.3. The maximum Gasteiger partial charge on any atom is 0.490 e. The third-order valence-electron chi connectivity index (χ3n) is 7.55. The standard InChI is InChI=1S/C28H30Cl2N4O5S.3C2HF3O2/c1-34-15-24(23-13-18(29)14-26(30)25(23)16-34)17-5-7-19(8-6-17)40(37,38)33-10-12-39-11-9-20-21(27(31)35)3-2-4-22(20)28(32)36;3*3-2(4,5)1(6)7/h2-8,13-14,24,33H,9-12,15-16H2,1H3,(H2,31,35)(H2,32,36);3*(H,6,7). The number of carboxylic acid groups (broad SMARTS) is 3. The van der Waals surface area contributed by atoms with Crippen LogP contribution in [0, 0.1) is 0 Å². The Balaban J connectivity index is 0.000000726. The molecular weight excluding hydrogens is 914 g/mol. The van der Waals surface area contributed by atoms with Gasteiger partial charge in [-0.05, 0) is 72.1 Å². The van der Waals surface area contributed by atoms with Gasteiger partial charge < -0.3 is 36.4 Å². The predicted octanol–water partition coefficient (Wildman–Crippen LogP) is 5.21. The fraction of sp³-hybridized carbons (Fsp3) is 0.324. The molecule has 0 radical (unpaired) electrons. The van der Waals surface area contributed by atoms with Crippen LogP contribution in [0.4, 0.5) is 39.5 Å². The molecule has 0 bridgehead atoms. The molecule has 15 nitrogen and oxygen atoms in total. The molecule has 0 aromatic heterocycles. The average molecular weight is 948 g/mol. The Labute approximate surface area is 349 Å². The van der Waals surface area contributed by atoms with Gasteiger partial charge in [-0.3, -0.25) is 9.59 Å². The number of sulfonamides is 1. The van der Waals surface area contributed by atoms with Gasteiger partial charge in [0.2, 0.25) is 21.8 Å². The van der Waals surface area contributed by atoms with Crippen molar-refractivity contribution in [3.63, 3.8) is 0 Å². The van der Waals surface area contributed by atoms with Crippen LogP contribution in [0.2, 0.25) is 10.0 Å². The molecule has 4 rings (SSSR count). The summed E-state index contributed by atoms with van der Waals surface area (Å²) < 4.78 is 129. The minimum absolute atomic E-state index is 0.00200. The van der Waals surface area contributed by atoms with E-state index in [4.69, 9.17) is 69.1 Å². The lowest BCUT2D eigenvalue weighted by Crippen LogP contribution is -2.31. The Morgan fingerprint density at radius 2 is 1.23 bits per heavy atom. The lowest BCUT2D eigenvalue weighted by atomic mass is 9.85. The zero-order valence-electron chi connectivity index (χ0n) is 30.8. The molecule has 3 aromatic carbocycles. The monoisotopic (exact) mass is 946 g/mol. The smallest absolute Gasteiger partial charge is 0.475 e. The number of ether oxygens (including phenoxy) is 1. The van der Waals surface area contributed by atoms with Crippen LogP contribution in [0.25, 0.3) is 0 Å². The van der Waals surface area contributed by atoms with Gasteiger partial charge in [0.1, 0.15) is 0 Å². The van der Waals surface area contributed by atoms with Gasteiger partial charge in [0, 0.05) is 46.7 Å². The number of rotatable bonds is 11. The van der Waals surface area contributed by atoms with E-state index in [9.17, 15) is 57.5 Å². The number of amides is 2. The lowest BCUT2D eigenvalue weighted by molar-refractivity contribution is -0.193. The van der Waals surface area contributed by atoms with Gasteiger partial charge in [-0.2, -0.15) is 39.5 Å². The van der Waals surface area contributed by atoms with Gasteiger partial charge >= 0.3 is 36.4 Å². The van der Waals surface area contributed by atoms with E-state index in [-0.39, 0.29) is 48.1 Å². The molecule has 0 spiro atoms. The predicted molar refractivity (Wildman–Crippen MR) is 195 cm³/mol. The summed E-state index contributed by atoms with van der Waals surface area (Å²) in [6.07, 6.45) is -15.0. The Morgan fingerprint density at radius 1 is 0.787 bits per heavy atom. The minimum atomic E-state index is -5.08. The second-order valence-corrected chi connectivity index (χ2v) is 14.6. The van der Waals surface area contributed by atoms with E-state index in [0.717, 1.165) is 23.2 Å². The summed E-state index contributed by atoms with van der Waals surface area (Å²) in [6, 6.07) is 15.0. The van der Waals surface area contributed by atoms with E-state index in [1.807, 2.05) is 13.1 Å². The molecule has 338 valence electrons. The Bertz CT molecular complexity index is 2070. The summed E-state index contributed by atoms with van der Waals surface area (Å²) in [7, 11) is -1.76. The number of halogens is 11. The van der Waals surface area contributed by atoms with Crippen molar-refractivity contribution >= 4 is 62.9 Å². The van der Waals surface area contributed by atoms with Crippen molar-refractivity contribution in [3.05, 3.63) is 98.0 Å². The summed E-state index contributed by atoms with van der Waals surface area (Å²) in [5, 5.41) is 22.6. The Hall–Kier alpha value is -5.21. The number of aliphatic carboxylic acids is 3. The first kappa shape index (κ1) is 53.8. The fourth-order valence-electron chi connectivity index (χ4n) is 4.94. The minimum Gasteiger partial charge on any atom is -0.475 e. The quantitative estimate of drug-likeness (QED) is 0.107. The van der Waals surface area contributed by atoms with Crippen molar-refractivity contribution in [1.29, 1.82) is 0 Å². The van der Waals surface area contributed by atoms with Gasteiger partial charge in [-0.25, -0.2) is 27.5 Å². The van der Waals surface area contributed by atoms with Crippen LogP contribution in [-0.4, -0.2) is 110 Å². The summed E-state index contributed by atoms with van der Waals surface area (Å²) >= 11 is 12.7. The van der Waals surface area contributed by atoms with E-state index in [1.165, 1.54) is 18.2 Å². The van der Waals surface area contributed by atoms with E-state index < -0.39 is 58.3 Å². The van der Waals surface area contributed by atoms with E-state index in [2.05, 4.69) is 9.62 Å². The van der Waals surface area contributed by atoms with Crippen LogP contribution >= 0.6 is 23.2 Å². The topological polar surface area (TPSA) is 257 Å². The molecule has 3 aromatic rings. The zero-order chi connectivity index (χ0) is 47.3. The van der Waals surface area contributed by atoms with Crippen molar-refractivity contribution in [3.8, 4) is 0 Å². The molecule has 1 atom stereocenters. The normalized spacial score (nSPS) is 14.1. The average Bonchev–Trinajstić information content (AvgIpc) is 3.12. The number of fused-ring (bicyclic) bond motifs is 1. The van der Waals surface area contributed by atoms with Gasteiger partial charge in [0.25, 0.3) is 0 Å². The molecule has 27 heteroatoms. The third kappa shape index (κ3) is 17.7. The van der Waals surface area contributed by atoms with Crippen LogP contribution in [0.15, 0.2) is 59.5 Å². The first-order chi connectivity index (χ1) is 27.8.